The Morgan fingerprint density at radius 3 is 2.93 bits per heavy atom. The number of nitro benzene ring substituents is 1. The molecule has 0 atom stereocenters. The Morgan fingerprint density at radius 1 is 1.57 bits per heavy atom. The van der Waals surface area contributed by atoms with E-state index in [9.17, 15) is 10.1 Å². The lowest BCUT2D eigenvalue weighted by Crippen LogP contribution is -1.90. The zero-order chi connectivity index (χ0) is 10.3. The largest absolute Gasteiger partial charge is 0.360 e. The molecule has 1 heterocycles. The number of hydrogen-bond donors (Lipinski definition) is 1. The highest BCUT2D eigenvalue weighted by Crippen LogP contribution is 2.36. The molecule has 0 saturated heterocycles. The van der Waals surface area contributed by atoms with Crippen LogP contribution in [0.25, 0.3) is 10.9 Å². The third-order valence-electron chi connectivity index (χ3n) is 1.91. The summed E-state index contributed by atoms with van der Waals surface area (Å²) in [5, 5.41) is 11.6. The predicted octanol–water partition coefficient (Wildman–Crippen LogP) is 3.49. The van der Waals surface area contributed by atoms with Crippen LogP contribution in [0.3, 0.4) is 0 Å². The average Bonchev–Trinajstić information content (AvgIpc) is 2.59. The maximum atomic E-state index is 10.6. The Bertz CT molecular complexity index is 523. The summed E-state index contributed by atoms with van der Waals surface area (Å²) in [5.74, 6) is 0. The van der Waals surface area contributed by atoms with Crippen LogP contribution >= 0.6 is 27.5 Å². The first-order chi connectivity index (χ1) is 6.61. The average molecular weight is 275 g/mol. The summed E-state index contributed by atoms with van der Waals surface area (Å²) < 4.78 is 0.657. The van der Waals surface area contributed by atoms with Crippen molar-refractivity contribution in [1.82, 2.24) is 4.98 Å². The fourth-order valence-electron chi connectivity index (χ4n) is 1.27. The molecule has 0 spiro atoms. The van der Waals surface area contributed by atoms with E-state index in [-0.39, 0.29) is 10.7 Å². The molecule has 0 fully saturated rings. The van der Waals surface area contributed by atoms with Gasteiger partial charge in [-0.3, -0.25) is 10.1 Å². The molecule has 0 aliphatic rings. The number of nitrogens with zero attached hydrogens (tertiary/aromatic N) is 1. The second kappa shape index (κ2) is 3.25. The number of benzene rings is 1. The molecule has 2 aromatic rings. The summed E-state index contributed by atoms with van der Waals surface area (Å²) in [6.07, 6.45) is 1.69. The quantitative estimate of drug-likeness (QED) is 0.639. The van der Waals surface area contributed by atoms with E-state index in [0.717, 1.165) is 5.39 Å². The number of H-pyrrole nitrogens is 1. The Kier molecular flexibility index (Phi) is 2.20. The van der Waals surface area contributed by atoms with E-state index in [4.69, 9.17) is 11.6 Å². The van der Waals surface area contributed by atoms with Crippen molar-refractivity contribution in [2.45, 2.75) is 0 Å². The van der Waals surface area contributed by atoms with Gasteiger partial charge in [-0.15, -0.1) is 0 Å². The highest BCUT2D eigenvalue weighted by Gasteiger charge is 2.18. The molecule has 1 N–H and O–H groups in total. The van der Waals surface area contributed by atoms with Gasteiger partial charge in [0.25, 0.3) is 5.69 Å². The molecule has 0 aliphatic heterocycles. The summed E-state index contributed by atoms with van der Waals surface area (Å²) in [4.78, 5) is 13.0. The molecule has 0 saturated carbocycles. The normalized spacial score (nSPS) is 10.7. The highest BCUT2D eigenvalue weighted by atomic mass is 79.9. The van der Waals surface area contributed by atoms with Crippen LogP contribution in [0.5, 0.6) is 0 Å². The lowest BCUT2D eigenvalue weighted by molar-refractivity contribution is -0.384. The Balaban J connectivity index is 2.88. The molecule has 0 radical (unpaired) electrons. The van der Waals surface area contributed by atoms with Crippen LogP contribution in [0, 0.1) is 10.1 Å². The molecule has 72 valence electrons. The molecule has 6 heteroatoms. The maximum absolute atomic E-state index is 10.6. The molecule has 0 bridgehead atoms. The number of hydrogen-bond acceptors (Lipinski definition) is 2. The van der Waals surface area contributed by atoms with Crippen LogP contribution in [0.2, 0.25) is 5.02 Å². The zero-order valence-electron chi connectivity index (χ0n) is 6.75. The van der Waals surface area contributed by atoms with E-state index >= 15 is 0 Å². The molecule has 14 heavy (non-hydrogen) atoms. The highest BCUT2D eigenvalue weighted by molar-refractivity contribution is 9.10. The molecular weight excluding hydrogens is 271 g/mol. The number of aromatic amines is 1. The fourth-order valence-corrected chi connectivity index (χ4v) is 2.10. The predicted molar refractivity (Wildman–Crippen MR) is 57.7 cm³/mol. The van der Waals surface area contributed by atoms with Crippen molar-refractivity contribution in [2.24, 2.45) is 0 Å². The number of halogens is 2. The topological polar surface area (TPSA) is 58.9 Å². The van der Waals surface area contributed by atoms with Crippen LogP contribution in [0.1, 0.15) is 0 Å². The zero-order valence-corrected chi connectivity index (χ0v) is 9.09. The maximum Gasteiger partial charge on any atom is 0.291 e. The van der Waals surface area contributed by atoms with Crippen LogP contribution in [-0.2, 0) is 0 Å². The van der Waals surface area contributed by atoms with Gasteiger partial charge >= 0.3 is 0 Å². The summed E-state index contributed by atoms with van der Waals surface area (Å²) >= 11 is 9.10. The number of aromatic nitrogens is 1. The summed E-state index contributed by atoms with van der Waals surface area (Å²) in [6.45, 7) is 0. The van der Waals surface area contributed by atoms with E-state index < -0.39 is 4.92 Å². The smallest absolute Gasteiger partial charge is 0.291 e. The fraction of sp³-hybridized carbons (Fsp3) is 0. The number of nitrogens with one attached hydrogen (secondary N) is 1. The second-order valence-electron chi connectivity index (χ2n) is 2.71. The van der Waals surface area contributed by atoms with Gasteiger partial charge in [0.1, 0.15) is 5.02 Å². The molecule has 0 aliphatic carbocycles. The lowest BCUT2D eigenvalue weighted by atomic mass is 10.2. The van der Waals surface area contributed by atoms with Gasteiger partial charge in [-0.25, -0.2) is 0 Å². The van der Waals surface area contributed by atoms with E-state index in [2.05, 4.69) is 20.9 Å². The molecular formula is C8H4BrClN2O2. The standard InChI is InChI=1S/C8H4BrClN2O2/c9-5-3-6(12(13)14)7(10)8-4(5)1-2-11-8/h1-3,11H. The molecule has 0 unspecified atom stereocenters. The van der Waals surface area contributed by atoms with Crippen molar-refractivity contribution in [1.29, 1.82) is 0 Å². The monoisotopic (exact) mass is 274 g/mol. The van der Waals surface area contributed by atoms with E-state index in [1.165, 1.54) is 6.07 Å². The minimum Gasteiger partial charge on any atom is -0.360 e. The molecule has 1 aromatic heterocycles. The van der Waals surface area contributed by atoms with Crippen molar-refractivity contribution in [2.75, 3.05) is 0 Å². The Morgan fingerprint density at radius 2 is 2.29 bits per heavy atom. The Hall–Kier alpha value is -1.07. The van der Waals surface area contributed by atoms with E-state index in [0.29, 0.717) is 9.99 Å². The van der Waals surface area contributed by atoms with Gasteiger partial charge in [-0.05, 0) is 22.0 Å². The second-order valence-corrected chi connectivity index (χ2v) is 3.95. The van der Waals surface area contributed by atoms with Crippen LogP contribution in [0.15, 0.2) is 22.8 Å². The van der Waals surface area contributed by atoms with Crippen LogP contribution in [-0.4, -0.2) is 9.91 Å². The Labute approximate surface area is 92.1 Å². The first kappa shape index (κ1) is 9.48. The van der Waals surface area contributed by atoms with Crippen molar-refractivity contribution in [3.63, 3.8) is 0 Å². The van der Waals surface area contributed by atoms with Gasteiger partial charge in [0.05, 0.1) is 10.4 Å². The summed E-state index contributed by atoms with van der Waals surface area (Å²) in [5.41, 5.74) is 0.473. The van der Waals surface area contributed by atoms with Crippen LogP contribution in [0.4, 0.5) is 5.69 Å². The van der Waals surface area contributed by atoms with Gasteiger partial charge in [-0.2, -0.15) is 0 Å². The van der Waals surface area contributed by atoms with Crippen LogP contribution < -0.4 is 0 Å². The first-order valence-electron chi connectivity index (χ1n) is 3.70. The van der Waals surface area contributed by atoms with Gasteiger partial charge in [0.15, 0.2) is 0 Å². The number of rotatable bonds is 1. The van der Waals surface area contributed by atoms with Gasteiger partial charge in [0.2, 0.25) is 0 Å². The number of nitro groups is 1. The summed E-state index contributed by atoms with van der Waals surface area (Å²) in [7, 11) is 0. The minimum absolute atomic E-state index is 0.103. The van der Waals surface area contributed by atoms with Crippen molar-refractivity contribution >= 4 is 44.1 Å². The van der Waals surface area contributed by atoms with Crippen molar-refractivity contribution in [3.05, 3.63) is 37.9 Å². The van der Waals surface area contributed by atoms with Gasteiger partial charge in [0, 0.05) is 22.1 Å². The minimum atomic E-state index is -0.507. The lowest BCUT2D eigenvalue weighted by Gasteiger charge is -1.99. The van der Waals surface area contributed by atoms with Gasteiger partial charge < -0.3 is 4.98 Å². The summed E-state index contributed by atoms with van der Waals surface area (Å²) in [6, 6.07) is 3.20. The van der Waals surface area contributed by atoms with E-state index in [1.807, 2.05) is 0 Å². The van der Waals surface area contributed by atoms with Crippen molar-refractivity contribution < 1.29 is 4.92 Å². The third-order valence-corrected chi connectivity index (χ3v) is 2.95. The molecule has 1 aromatic carbocycles. The molecule has 4 nitrogen and oxygen atoms in total. The first-order valence-corrected chi connectivity index (χ1v) is 4.88. The number of fused-ring (bicyclic) bond motifs is 1. The third kappa shape index (κ3) is 1.29. The SMILES string of the molecule is O=[N+]([O-])c1cc(Br)c2cc[nH]c2c1Cl. The van der Waals surface area contributed by atoms with Crippen molar-refractivity contribution in [3.8, 4) is 0 Å². The van der Waals surface area contributed by atoms with E-state index in [1.54, 1.807) is 12.3 Å². The molecule has 0 amide bonds. The molecule has 2 rings (SSSR count). The van der Waals surface area contributed by atoms with Gasteiger partial charge in [-0.1, -0.05) is 11.6 Å².